The van der Waals surface area contributed by atoms with Crippen LogP contribution in [0.4, 0.5) is 5.69 Å². The lowest BCUT2D eigenvalue weighted by Crippen LogP contribution is -2.46. The third-order valence-electron chi connectivity index (χ3n) is 7.07. The third-order valence-corrected chi connectivity index (χ3v) is 7.07. The van der Waals surface area contributed by atoms with E-state index in [1.165, 1.54) is 11.1 Å². The molecule has 0 N–H and O–H groups in total. The predicted octanol–water partition coefficient (Wildman–Crippen LogP) is 1.93. The van der Waals surface area contributed by atoms with Crippen LogP contribution in [-0.4, -0.2) is 40.2 Å². The van der Waals surface area contributed by atoms with E-state index in [1.807, 2.05) is 32.0 Å². The molecule has 4 saturated heterocycles. The molecule has 7 nitrogen and oxygen atoms in total. The number of rotatable bonds is 2. The molecular formula is C21H17N3O4. The van der Waals surface area contributed by atoms with Crippen molar-refractivity contribution in [3.63, 3.8) is 0 Å². The lowest BCUT2D eigenvalue weighted by atomic mass is 9.67. The number of carbonyl (C=O) groups is 2. The molecular weight excluding hydrogens is 358 g/mol. The molecule has 2 aromatic rings. The maximum atomic E-state index is 13.5. The Morgan fingerprint density at radius 1 is 1.18 bits per heavy atom. The fourth-order valence-electron chi connectivity index (χ4n) is 5.84. The number of ether oxygens (including phenoxy) is 2. The number of amides is 2. The molecule has 2 amide bonds. The van der Waals surface area contributed by atoms with Crippen molar-refractivity contribution in [2.24, 2.45) is 11.8 Å². The maximum Gasteiger partial charge on any atom is 0.240 e. The van der Waals surface area contributed by atoms with Crippen molar-refractivity contribution in [3.05, 3.63) is 36.2 Å². The number of benzene rings is 1. The number of hydrogen-bond acceptors (Lipinski definition) is 6. The highest BCUT2D eigenvalue weighted by molar-refractivity contribution is 6.26. The van der Waals surface area contributed by atoms with Gasteiger partial charge in [-0.3, -0.25) is 9.59 Å². The molecule has 4 fully saturated rings. The molecule has 0 aliphatic carbocycles. The van der Waals surface area contributed by atoms with Crippen LogP contribution in [0.2, 0.25) is 0 Å². The second-order valence-electron chi connectivity index (χ2n) is 8.19. The zero-order valence-electron chi connectivity index (χ0n) is 15.4. The first-order valence-corrected chi connectivity index (χ1v) is 9.49. The van der Waals surface area contributed by atoms with Crippen molar-refractivity contribution in [2.75, 3.05) is 4.90 Å². The predicted molar refractivity (Wildman–Crippen MR) is 97.1 cm³/mol. The highest BCUT2D eigenvalue weighted by atomic mass is 16.7. The largest absolute Gasteiger partial charge is 0.363 e. The number of pyridine rings is 1. The Labute approximate surface area is 160 Å². The molecule has 4 aliphatic rings. The van der Waals surface area contributed by atoms with Gasteiger partial charge in [-0.2, -0.15) is 5.26 Å². The van der Waals surface area contributed by atoms with Crippen LogP contribution in [0.1, 0.15) is 26.0 Å². The fourth-order valence-corrected chi connectivity index (χ4v) is 5.84. The maximum absolute atomic E-state index is 13.5. The first-order valence-electron chi connectivity index (χ1n) is 9.49. The number of imide groups is 1. The van der Waals surface area contributed by atoms with E-state index in [-0.39, 0.29) is 29.7 Å². The Morgan fingerprint density at radius 2 is 1.89 bits per heavy atom. The summed E-state index contributed by atoms with van der Waals surface area (Å²) >= 11 is 0. The van der Waals surface area contributed by atoms with E-state index >= 15 is 0 Å². The number of nitrogens with zero attached hydrogens (tertiary/aromatic N) is 3. The van der Waals surface area contributed by atoms with Crippen molar-refractivity contribution in [1.82, 2.24) is 4.98 Å². The summed E-state index contributed by atoms with van der Waals surface area (Å²) in [6.45, 7) is 3.87. The number of aromatic nitrogens is 1. The van der Waals surface area contributed by atoms with Gasteiger partial charge in [-0.15, -0.1) is 0 Å². The molecule has 0 saturated carbocycles. The molecule has 5 heterocycles. The molecule has 6 rings (SSSR count). The summed E-state index contributed by atoms with van der Waals surface area (Å²) in [5.74, 6) is -1.63. The van der Waals surface area contributed by atoms with Gasteiger partial charge in [0, 0.05) is 10.8 Å². The number of carbonyl (C=O) groups excluding carboxylic acids is 2. The average Bonchev–Trinajstić information content (AvgIpc) is 3.36. The summed E-state index contributed by atoms with van der Waals surface area (Å²) in [5, 5.41) is 10.6. The summed E-state index contributed by atoms with van der Waals surface area (Å²) in [6.07, 6.45) is 1.83. The van der Waals surface area contributed by atoms with Crippen molar-refractivity contribution in [2.45, 2.75) is 43.7 Å². The lowest BCUT2D eigenvalue weighted by molar-refractivity contribution is -0.143. The minimum absolute atomic E-state index is 0.115. The molecule has 6 atom stereocenters. The minimum atomic E-state index is -0.775. The summed E-state index contributed by atoms with van der Waals surface area (Å²) in [4.78, 5) is 32.5. The summed E-state index contributed by atoms with van der Waals surface area (Å²) in [6, 6.07) is 9.29. The Morgan fingerprint density at radius 3 is 2.61 bits per heavy atom. The smallest absolute Gasteiger partial charge is 0.240 e. The Hall–Kier alpha value is -2.82. The van der Waals surface area contributed by atoms with Gasteiger partial charge in [-0.1, -0.05) is 31.2 Å². The third kappa shape index (κ3) is 1.54. The quantitative estimate of drug-likeness (QED) is 0.588. The zero-order valence-corrected chi connectivity index (χ0v) is 15.4. The van der Waals surface area contributed by atoms with Crippen LogP contribution in [0.25, 0.3) is 10.8 Å². The monoisotopic (exact) mass is 375 g/mol. The molecule has 0 spiro atoms. The van der Waals surface area contributed by atoms with Crippen LogP contribution < -0.4 is 4.90 Å². The van der Waals surface area contributed by atoms with Gasteiger partial charge in [0.2, 0.25) is 11.8 Å². The molecule has 7 heteroatoms. The van der Waals surface area contributed by atoms with Gasteiger partial charge in [-0.05, 0) is 13.3 Å². The van der Waals surface area contributed by atoms with E-state index in [9.17, 15) is 14.9 Å². The van der Waals surface area contributed by atoms with Crippen LogP contribution in [0.5, 0.6) is 0 Å². The number of anilines is 1. The normalized spacial score (nSPS) is 40.0. The van der Waals surface area contributed by atoms with Gasteiger partial charge in [0.15, 0.2) is 0 Å². The summed E-state index contributed by atoms with van der Waals surface area (Å²) in [7, 11) is 0. The number of epoxide rings is 1. The molecule has 0 radical (unpaired) electrons. The Kier molecular flexibility index (Phi) is 2.75. The minimum Gasteiger partial charge on any atom is -0.363 e. The van der Waals surface area contributed by atoms with Crippen molar-refractivity contribution < 1.29 is 19.1 Å². The number of nitriles is 1. The van der Waals surface area contributed by atoms with Gasteiger partial charge in [0.1, 0.15) is 35.2 Å². The van der Waals surface area contributed by atoms with E-state index in [0.717, 1.165) is 0 Å². The first kappa shape index (κ1) is 16.2. The molecule has 28 heavy (non-hydrogen) atoms. The van der Waals surface area contributed by atoms with E-state index in [2.05, 4.69) is 11.1 Å². The van der Waals surface area contributed by atoms with Gasteiger partial charge < -0.3 is 9.47 Å². The average molecular weight is 375 g/mol. The van der Waals surface area contributed by atoms with E-state index in [0.29, 0.717) is 22.9 Å². The lowest BCUT2D eigenvalue weighted by Gasteiger charge is -2.30. The topological polar surface area (TPSA) is 95.8 Å². The number of fused-ring (bicyclic) bond motifs is 9. The summed E-state index contributed by atoms with van der Waals surface area (Å²) < 4.78 is 12.1. The Bertz CT molecular complexity index is 1140. The molecule has 2 bridgehead atoms. The number of hydrogen-bond donors (Lipinski definition) is 0. The van der Waals surface area contributed by atoms with Crippen LogP contribution in [0.15, 0.2) is 30.5 Å². The molecule has 140 valence electrons. The zero-order chi connectivity index (χ0) is 19.4. The van der Waals surface area contributed by atoms with Gasteiger partial charge in [-0.25, -0.2) is 9.88 Å². The summed E-state index contributed by atoms with van der Waals surface area (Å²) in [5.41, 5.74) is -0.805. The van der Waals surface area contributed by atoms with E-state index in [4.69, 9.17) is 9.47 Å². The van der Waals surface area contributed by atoms with Crippen molar-refractivity contribution in [3.8, 4) is 6.07 Å². The Balaban J connectivity index is 1.54. The second-order valence-corrected chi connectivity index (χ2v) is 8.19. The highest BCUT2D eigenvalue weighted by Gasteiger charge is 2.86. The SMILES string of the molecule is CCC12OC(C)([C@@H]3O[C@@H]31)[C@H]1C(=O)N(c3cnc(C#N)c4ccccc34)C(=O)[C@H]12. The fraction of sp³-hybridized carbons (Fsp3) is 0.429. The van der Waals surface area contributed by atoms with E-state index in [1.54, 1.807) is 6.07 Å². The van der Waals surface area contributed by atoms with Crippen molar-refractivity contribution >= 4 is 28.3 Å². The standard InChI is InChI=1S/C21H17N3O4/c1-3-21-15-14(20(2,28-21)16-17(21)27-16)18(25)24(19(15)26)13-9-23-12(8-22)10-6-4-5-7-11(10)13/h4-7,9,14-17H,3H2,1-2H3/t14-,15+,16-,17+,20?,21?/m1/s1. The molecule has 4 aliphatic heterocycles. The van der Waals surface area contributed by atoms with Crippen LogP contribution in [0.3, 0.4) is 0 Å². The van der Waals surface area contributed by atoms with Gasteiger partial charge in [0.05, 0.1) is 23.7 Å². The highest BCUT2D eigenvalue weighted by Crippen LogP contribution is 2.69. The van der Waals surface area contributed by atoms with E-state index < -0.39 is 23.0 Å². The molecule has 1 aromatic heterocycles. The van der Waals surface area contributed by atoms with Gasteiger partial charge >= 0.3 is 0 Å². The molecule has 1 aromatic carbocycles. The molecule has 2 unspecified atom stereocenters. The van der Waals surface area contributed by atoms with Crippen LogP contribution in [-0.2, 0) is 19.1 Å². The van der Waals surface area contributed by atoms with Gasteiger partial charge in [0.25, 0.3) is 0 Å². The van der Waals surface area contributed by atoms with Crippen LogP contribution >= 0.6 is 0 Å². The second kappa shape index (κ2) is 4.77. The first-order chi connectivity index (χ1) is 13.5. The van der Waals surface area contributed by atoms with Crippen molar-refractivity contribution in [1.29, 1.82) is 5.26 Å². The van der Waals surface area contributed by atoms with Crippen LogP contribution in [0, 0.1) is 23.2 Å².